The summed E-state index contributed by atoms with van der Waals surface area (Å²) >= 11 is 3.26. The molecule has 0 fully saturated rings. The molecule has 0 spiro atoms. The SMILES string of the molecule is Cn1c(=[Se])c(-c2cccc3ccccc23)cc2ccccc21. The normalized spacial score (nSPS) is 11.1. The fraction of sp³-hybridized carbons (Fsp3) is 0.0500. The van der Waals surface area contributed by atoms with E-state index in [2.05, 4.69) is 100.0 Å². The van der Waals surface area contributed by atoms with Gasteiger partial charge in [0.15, 0.2) is 0 Å². The van der Waals surface area contributed by atoms with E-state index in [-0.39, 0.29) is 0 Å². The molecule has 0 unspecified atom stereocenters. The Bertz CT molecular complexity index is 1050. The van der Waals surface area contributed by atoms with Gasteiger partial charge in [-0.2, -0.15) is 0 Å². The van der Waals surface area contributed by atoms with E-state index in [1.54, 1.807) is 0 Å². The molecule has 1 nitrogen and oxygen atoms in total. The molecule has 0 saturated heterocycles. The minimum atomic E-state index is 1.16. The van der Waals surface area contributed by atoms with Crippen LogP contribution >= 0.6 is 0 Å². The third-order valence-electron chi connectivity index (χ3n) is 4.21. The molecule has 2 heteroatoms. The van der Waals surface area contributed by atoms with Crippen LogP contribution in [0.4, 0.5) is 0 Å². The van der Waals surface area contributed by atoms with Crippen LogP contribution < -0.4 is 0 Å². The Morgan fingerprint density at radius 1 is 0.727 bits per heavy atom. The molecular formula is C20H15NSe. The number of para-hydroxylation sites is 1. The van der Waals surface area contributed by atoms with Gasteiger partial charge in [-0.15, -0.1) is 0 Å². The van der Waals surface area contributed by atoms with Crippen LogP contribution in [0, 0.1) is 4.19 Å². The predicted octanol–water partition coefficient (Wildman–Crippen LogP) is 4.70. The van der Waals surface area contributed by atoms with Crippen LogP contribution in [0.15, 0.2) is 72.8 Å². The van der Waals surface area contributed by atoms with E-state index in [1.807, 2.05) is 0 Å². The first-order valence-corrected chi connectivity index (χ1v) is 8.18. The topological polar surface area (TPSA) is 4.93 Å². The average Bonchev–Trinajstić information content (AvgIpc) is 2.58. The van der Waals surface area contributed by atoms with Gasteiger partial charge in [0, 0.05) is 0 Å². The summed E-state index contributed by atoms with van der Waals surface area (Å²) in [5.41, 5.74) is 3.76. The minimum absolute atomic E-state index is 1.16. The number of aromatic nitrogens is 1. The maximum absolute atomic E-state index is 3.26. The summed E-state index contributed by atoms with van der Waals surface area (Å²) in [5, 5.41) is 3.82. The van der Waals surface area contributed by atoms with Crippen molar-refractivity contribution in [3.63, 3.8) is 0 Å². The van der Waals surface area contributed by atoms with Gasteiger partial charge in [-0.1, -0.05) is 0 Å². The van der Waals surface area contributed by atoms with Gasteiger partial charge in [0.25, 0.3) is 0 Å². The van der Waals surface area contributed by atoms with Crippen molar-refractivity contribution in [1.82, 2.24) is 4.57 Å². The van der Waals surface area contributed by atoms with Gasteiger partial charge >= 0.3 is 137 Å². The van der Waals surface area contributed by atoms with E-state index >= 15 is 0 Å². The Balaban J connectivity index is 2.13. The standard InChI is InChI=1S/C20H15NSe/c1-21-19-12-5-3-8-15(19)13-18(20(21)22)17-11-6-9-14-7-2-4-10-16(14)17/h2-13H,1H3. The number of hydrogen-bond acceptors (Lipinski definition) is 0. The Labute approximate surface area is 137 Å². The molecule has 0 aliphatic heterocycles. The summed E-state index contributed by atoms with van der Waals surface area (Å²) in [6.07, 6.45) is 0. The van der Waals surface area contributed by atoms with Crippen molar-refractivity contribution < 1.29 is 0 Å². The molecule has 0 saturated carbocycles. The van der Waals surface area contributed by atoms with Gasteiger partial charge in [0.05, 0.1) is 0 Å². The third kappa shape index (κ3) is 2.04. The van der Waals surface area contributed by atoms with Gasteiger partial charge in [-0.3, -0.25) is 0 Å². The summed E-state index contributed by atoms with van der Waals surface area (Å²) in [5.74, 6) is 0. The number of benzene rings is 3. The zero-order valence-electron chi connectivity index (χ0n) is 12.3. The van der Waals surface area contributed by atoms with Crippen LogP contribution in [0.5, 0.6) is 0 Å². The molecule has 4 rings (SSSR count). The zero-order chi connectivity index (χ0) is 15.1. The predicted molar refractivity (Wildman–Crippen MR) is 94.9 cm³/mol. The second kappa shape index (κ2) is 5.24. The summed E-state index contributed by atoms with van der Waals surface area (Å²) in [4.78, 5) is 0. The number of nitrogens with zero attached hydrogens (tertiary/aromatic N) is 1. The maximum atomic E-state index is 3.26. The van der Waals surface area contributed by atoms with Crippen LogP contribution in [0.25, 0.3) is 32.8 Å². The van der Waals surface area contributed by atoms with Gasteiger partial charge in [-0.25, -0.2) is 0 Å². The van der Waals surface area contributed by atoms with Gasteiger partial charge in [-0.05, 0) is 0 Å². The summed E-state index contributed by atoms with van der Waals surface area (Å²) < 4.78 is 3.39. The summed E-state index contributed by atoms with van der Waals surface area (Å²) in [6, 6.07) is 25.8. The van der Waals surface area contributed by atoms with Crippen molar-refractivity contribution in [2.45, 2.75) is 0 Å². The molecule has 0 bridgehead atoms. The first kappa shape index (κ1) is 13.5. The van der Waals surface area contributed by atoms with Crippen LogP contribution in [0.3, 0.4) is 0 Å². The van der Waals surface area contributed by atoms with Crippen molar-refractivity contribution in [1.29, 1.82) is 0 Å². The van der Waals surface area contributed by atoms with Crippen molar-refractivity contribution >= 4 is 37.3 Å². The van der Waals surface area contributed by atoms with E-state index in [4.69, 9.17) is 0 Å². The third-order valence-corrected chi connectivity index (χ3v) is 5.25. The van der Waals surface area contributed by atoms with E-state index in [1.165, 1.54) is 32.8 Å². The van der Waals surface area contributed by atoms with E-state index < -0.39 is 0 Å². The molecule has 0 aliphatic rings. The number of aryl methyl sites for hydroxylation is 1. The molecule has 1 heterocycles. The summed E-state index contributed by atoms with van der Waals surface area (Å²) in [7, 11) is 2.11. The number of pyridine rings is 1. The zero-order valence-corrected chi connectivity index (χ0v) is 14.0. The molecular weight excluding hydrogens is 333 g/mol. The number of rotatable bonds is 1. The second-order valence-corrected chi connectivity index (χ2v) is 6.32. The van der Waals surface area contributed by atoms with Crippen LogP contribution in [0.1, 0.15) is 0 Å². The Hall–Kier alpha value is -2.15. The molecule has 0 radical (unpaired) electrons. The molecule has 0 aliphatic carbocycles. The average molecular weight is 348 g/mol. The van der Waals surface area contributed by atoms with Crippen molar-refractivity contribution in [3.8, 4) is 11.1 Å². The first-order chi connectivity index (χ1) is 10.8. The number of hydrogen-bond donors (Lipinski definition) is 0. The molecule has 106 valence electrons. The fourth-order valence-corrected chi connectivity index (χ4v) is 3.64. The van der Waals surface area contributed by atoms with Crippen LogP contribution in [-0.2, 0) is 7.05 Å². The van der Waals surface area contributed by atoms with Gasteiger partial charge < -0.3 is 0 Å². The van der Waals surface area contributed by atoms with Gasteiger partial charge in [0.2, 0.25) is 0 Å². The van der Waals surface area contributed by atoms with E-state index in [0.29, 0.717) is 0 Å². The molecule has 1 aromatic heterocycles. The molecule has 3 aromatic carbocycles. The van der Waals surface area contributed by atoms with Crippen molar-refractivity contribution in [3.05, 3.63) is 77.0 Å². The fourth-order valence-electron chi connectivity index (χ4n) is 3.08. The monoisotopic (exact) mass is 349 g/mol. The van der Waals surface area contributed by atoms with Crippen LogP contribution in [-0.4, -0.2) is 20.1 Å². The van der Waals surface area contributed by atoms with Gasteiger partial charge in [0.1, 0.15) is 0 Å². The molecule has 22 heavy (non-hydrogen) atoms. The Morgan fingerprint density at radius 2 is 1.41 bits per heavy atom. The number of fused-ring (bicyclic) bond motifs is 2. The van der Waals surface area contributed by atoms with Crippen LogP contribution in [0.2, 0.25) is 0 Å². The van der Waals surface area contributed by atoms with E-state index in [0.717, 1.165) is 4.19 Å². The van der Waals surface area contributed by atoms with Crippen molar-refractivity contribution in [2.24, 2.45) is 7.05 Å². The quantitative estimate of drug-likeness (QED) is 0.440. The second-order valence-electron chi connectivity index (χ2n) is 5.51. The Kier molecular flexibility index (Phi) is 3.22. The molecule has 0 atom stereocenters. The summed E-state index contributed by atoms with van der Waals surface area (Å²) in [6.45, 7) is 0. The van der Waals surface area contributed by atoms with Crippen molar-refractivity contribution in [2.75, 3.05) is 0 Å². The Morgan fingerprint density at radius 3 is 2.27 bits per heavy atom. The van der Waals surface area contributed by atoms with E-state index in [9.17, 15) is 0 Å². The molecule has 0 N–H and O–H groups in total. The first-order valence-electron chi connectivity index (χ1n) is 7.32. The molecule has 0 amide bonds. The molecule has 4 aromatic rings.